The fourth-order valence-corrected chi connectivity index (χ4v) is 2.43. The van der Waals surface area contributed by atoms with Gasteiger partial charge in [-0.15, -0.1) is 0 Å². The van der Waals surface area contributed by atoms with E-state index >= 15 is 0 Å². The average molecular weight is 326 g/mol. The molecular weight excluding hydrogens is 308 g/mol. The van der Waals surface area contributed by atoms with Crippen molar-refractivity contribution in [3.05, 3.63) is 53.6 Å². The van der Waals surface area contributed by atoms with Crippen molar-refractivity contribution in [3.8, 4) is 11.5 Å². The minimum atomic E-state index is -0.209. The smallest absolute Gasteiger partial charge is 0.275 e. The molecular formula is C18H18N2O4. The van der Waals surface area contributed by atoms with Crippen LogP contribution in [0.2, 0.25) is 0 Å². The van der Waals surface area contributed by atoms with E-state index in [4.69, 9.17) is 13.9 Å². The lowest BCUT2D eigenvalue weighted by Gasteiger charge is -2.07. The third-order valence-electron chi connectivity index (χ3n) is 3.65. The molecule has 0 bridgehead atoms. The quantitative estimate of drug-likeness (QED) is 0.829. The molecule has 0 atom stereocenters. The summed E-state index contributed by atoms with van der Waals surface area (Å²) in [5, 5.41) is 2.78. The summed E-state index contributed by atoms with van der Waals surface area (Å²) in [4.78, 5) is 16.4. The van der Waals surface area contributed by atoms with E-state index in [0.29, 0.717) is 35.9 Å². The highest BCUT2D eigenvalue weighted by Crippen LogP contribution is 2.28. The highest BCUT2D eigenvalue weighted by Gasteiger charge is 2.20. The van der Waals surface area contributed by atoms with Crippen LogP contribution in [0.1, 0.15) is 17.7 Å². The Morgan fingerprint density at radius 3 is 2.71 bits per heavy atom. The normalized spacial score (nSPS) is 15.3. The Morgan fingerprint density at radius 1 is 1.17 bits per heavy atom. The van der Waals surface area contributed by atoms with Gasteiger partial charge in [0, 0.05) is 12.8 Å². The van der Waals surface area contributed by atoms with Gasteiger partial charge in [-0.2, -0.15) is 0 Å². The Hall–Kier alpha value is -3.02. The lowest BCUT2D eigenvalue weighted by Crippen LogP contribution is -2.24. The molecule has 0 unspecified atom stereocenters. The summed E-state index contributed by atoms with van der Waals surface area (Å²) in [6.45, 7) is 0. The second-order valence-corrected chi connectivity index (χ2v) is 5.24. The molecule has 1 aliphatic heterocycles. The van der Waals surface area contributed by atoms with Crippen LogP contribution in [0, 0.1) is 0 Å². The highest BCUT2D eigenvalue weighted by atomic mass is 16.5. The van der Waals surface area contributed by atoms with E-state index in [2.05, 4.69) is 10.3 Å². The molecule has 1 aliphatic rings. The molecule has 6 nitrogen and oxygen atoms in total. The van der Waals surface area contributed by atoms with Crippen molar-refractivity contribution in [1.29, 1.82) is 0 Å². The van der Waals surface area contributed by atoms with Crippen LogP contribution in [-0.2, 0) is 11.2 Å². The van der Waals surface area contributed by atoms with Crippen LogP contribution in [0.25, 0.3) is 6.08 Å². The summed E-state index contributed by atoms with van der Waals surface area (Å²) in [6, 6.07) is 9.18. The van der Waals surface area contributed by atoms with Gasteiger partial charge in [0.2, 0.25) is 0 Å². The first-order valence-corrected chi connectivity index (χ1v) is 7.54. The lowest BCUT2D eigenvalue weighted by atomic mass is 10.1. The predicted molar refractivity (Wildman–Crippen MR) is 90.1 cm³/mol. The van der Waals surface area contributed by atoms with Crippen LogP contribution >= 0.6 is 0 Å². The molecule has 2 heterocycles. The first-order chi connectivity index (χ1) is 11.7. The molecule has 1 N–H and O–H groups in total. The summed E-state index contributed by atoms with van der Waals surface area (Å²) in [6.07, 6.45) is 4.65. The number of aliphatic imine (C=N–C) groups is 1. The van der Waals surface area contributed by atoms with Gasteiger partial charge >= 0.3 is 0 Å². The lowest BCUT2D eigenvalue weighted by molar-refractivity contribution is -0.115. The van der Waals surface area contributed by atoms with E-state index < -0.39 is 0 Å². The van der Waals surface area contributed by atoms with Crippen LogP contribution in [0.4, 0.5) is 0 Å². The Kier molecular flexibility index (Phi) is 4.65. The summed E-state index contributed by atoms with van der Waals surface area (Å²) in [7, 11) is 3.15. The SMILES string of the molecule is COc1ccc(/C=C2/N=C(CCc3ccco3)NC2=O)cc1OC. The molecule has 6 heteroatoms. The van der Waals surface area contributed by atoms with Gasteiger partial charge in [0.1, 0.15) is 17.3 Å². The van der Waals surface area contributed by atoms with Crippen molar-refractivity contribution in [2.75, 3.05) is 14.2 Å². The third-order valence-corrected chi connectivity index (χ3v) is 3.65. The van der Waals surface area contributed by atoms with Crippen molar-refractivity contribution in [3.63, 3.8) is 0 Å². The molecule has 0 radical (unpaired) electrons. The minimum absolute atomic E-state index is 0.209. The Labute approximate surface area is 139 Å². The van der Waals surface area contributed by atoms with E-state index in [1.165, 1.54) is 0 Å². The van der Waals surface area contributed by atoms with Crippen molar-refractivity contribution in [2.45, 2.75) is 12.8 Å². The zero-order chi connectivity index (χ0) is 16.9. The topological polar surface area (TPSA) is 73.1 Å². The maximum Gasteiger partial charge on any atom is 0.275 e. The van der Waals surface area contributed by atoms with E-state index in [-0.39, 0.29) is 5.91 Å². The van der Waals surface area contributed by atoms with Crippen LogP contribution < -0.4 is 14.8 Å². The van der Waals surface area contributed by atoms with Crippen LogP contribution in [0.3, 0.4) is 0 Å². The molecule has 1 aromatic heterocycles. The van der Waals surface area contributed by atoms with Gasteiger partial charge in [-0.3, -0.25) is 4.79 Å². The van der Waals surface area contributed by atoms with Crippen molar-refractivity contribution in [2.24, 2.45) is 4.99 Å². The fraction of sp³-hybridized carbons (Fsp3) is 0.222. The number of methoxy groups -OCH3 is 2. The number of nitrogens with zero attached hydrogens (tertiary/aromatic N) is 1. The molecule has 0 saturated carbocycles. The Balaban J connectivity index is 1.75. The number of hydrogen-bond donors (Lipinski definition) is 1. The van der Waals surface area contributed by atoms with E-state index in [1.54, 1.807) is 38.7 Å². The van der Waals surface area contributed by atoms with Gasteiger partial charge in [-0.1, -0.05) is 6.07 Å². The van der Waals surface area contributed by atoms with Crippen molar-refractivity contribution < 1.29 is 18.7 Å². The zero-order valence-corrected chi connectivity index (χ0v) is 13.5. The Morgan fingerprint density at radius 2 is 2.00 bits per heavy atom. The number of benzene rings is 1. The number of aryl methyl sites for hydroxylation is 1. The van der Waals surface area contributed by atoms with Gasteiger partial charge in [0.15, 0.2) is 11.5 Å². The molecule has 1 aromatic carbocycles. The number of amidine groups is 1. The summed E-state index contributed by atoms with van der Waals surface area (Å²) in [5.74, 6) is 2.54. The number of amides is 1. The number of carbonyl (C=O) groups is 1. The molecule has 0 aliphatic carbocycles. The van der Waals surface area contributed by atoms with Crippen LogP contribution in [-0.4, -0.2) is 26.0 Å². The van der Waals surface area contributed by atoms with Crippen molar-refractivity contribution in [1.82, 2.24) is 5.32 Å². The number of ether oxygens (including phenoxy) is 2. The van der Waals surface area contributed by atoms with Gasteiger partial charge in [-0.05, 0) is 35.9 Å². The second-order valence-electron chi connectivity index (χ2n) is 5.24. The van der Waals surface area contributed by atoms with Crippen LogP contribution in [0.15, 0.2) is 51.7 Å². The maximum atomic E-state index is 12.1. The molecule has 24 heavy (non-hydrogen) atoms. The number of rotatable bonds is 6. The summed E-state index contributed by atoms with van der Waals surface area (Å²) < 4.78 is 15.8. The molecule has 0 spiro atoms. The molecule has 0 fully saturated rings. The zero-order valence-electron chi connectivity index (χ0n) is 13.5. The first-order valence-electron chi connectivity index (χ1n) is 7.54. The molecule has 0 saturated heterocycles. The highest BCUT2D eigenvalue weighted by molar-refractivity contribution is 6.14. The van der Waals surface area contributed by atoms with Gasteiger partial charge in [0.05, 0.1) is 20.5 Å². The second kappa shape index (κ2) is 7.04. The fourth-order valence-electron chi connectivity index (χ4n) is 2.43. The summed E-state index contributed by atoms with van der Waals surface area (Å²) in [5.41, 5.74) is 1.19. The number of furan rings is 1. The van der Waals surface area contributed by atoms with E-state index in [0.717, 1.165) is 11.3 Å². The number of nitrogens with one attached hydrogen (secondary N) is 1. The summed E-state index contributed by atoms with van der Waals surface area (Å²) >= 11 is 0. The predicted octanol–water partition coefficient (Wildman–Crippen LogP) is 2.80. The van der Waals surface area contributed by atoms with Gasteiger partial charge in [-0.25, -0.2) is 4.99 Å². The van der Waals surface area contributed by atoms with Gasteiger partial charge in [0.25, 0.3) is 5.91 Å². The molecule has 2 aromatic rings. The largest absolute Gasteiger partial charge is 0.493 e. The molecule has 124 valence electrons. The van der Waals surface area contributed by atoms with E-state index in [9.17, 15) is 4.79 Å². The third kappa shape index (κ3) is 3.48. The standard InChI is InChI=1S/C18H18N2O4/c1-22-15-7-5-12(11-16(15)23-2)10-14-18(21)20-17(19-14)8-6-13-4-3-9-24-13/h3-5,7,9-11H,6,8H2,1-2H3,(H,19,20,21)/b14-10+. The maximum absolute atomic E-state index is 12.1. The molecule has 1 amide bonds. The minimum Gasteiger partial charge on any atom is -0.493 e. The first kappa shape index (κ1) is 15.9. The van der Waals surface area contributed by atoms with Gasteiger partial charge < -0.3 is 19.2 Å². The monoisotopic (exact) mass is 326 g/mol. The van der Waals surface area contributed by atoms with E-state index in [1.807, 2.05) is 18.2 Å². The number of hydrogen-bond acceptors (Lipinski definition) is 5. The Bertz CT molecular complexity index is 791. The molecule has 3 rings (SSSR count). The van der Waals surface area contributed by atoms with Crippen molar-refractivity contribution >= 4 is 17.8 Å². The number of carbonyl (C=O) groups excluding carboxylic acids is 1. The average Bonchev–Trinajstić information content (AvgIpc) is 3.23. The van der Waals surface area contributed by atoms with Crippen LogP contribution in [0.5, 0.6) is 11.5 Å².